The highest BCUT2D eigenvalue weighted by atomic mass is 79.9. The van der Waals surface area contributed by atoms with E-state index in [0.717, 1.165) is 0 Å². The van der Waals surface area contributed by atoms with E-state index in [4.69, 9.17) is 5.11 Å². The number of aromatic nitrogens is 1. The van der Waals surface area contributed by atoms with Gasteiger partial charge in [-0.1, -0.05) is 0 Å². The van der Waals surface area contributed by atoms with Gasteiger partial charge in [0, 0.05) is 23.7 Å². The van der Waals surface area contributed by atoms with E-state index in [-0.39, 0.29) is 12.1 Å². The lowest BCUT2D eigenvalue weighted by Crippen LogP contribution is -2.44. The first-order valence-corrected chi connectivity index (χ1v) is 5.55. The van der Waals surface area contributed by atoms with Gasteiger partial charge >= 0.3 is 5.97 Å². The van der Waals surface area contributed by atoms with Crippen LogP contribution < -0.4 is 10.9 Å². The summed E-state index contributed by atoms with van der Waals surface area (Å²) < 4.78 is 1.88. The molecule has 0 aromatic carbocycles. The molecule has 2 N–H and O–H groups in total. The minimum atomic E-state index is -1.19. The number of carboxylic acid groups (broad SMARTS) is 1. The number of hydrogen-bond acceptors (Lipinski definition) is 3. The highest BCUT2D eigenvalue weighted by molar-refractivity contribution is 9.10. The number of halogens is 1. The van der Waals surface area contributed by atoms with Crippen LogP contribution in [0.5, 0.6) is 0 Å². The number of pyridine rings is 1. The number of amides is 1. The Morgan fingerprint density at radius 3 is 2.71 bits per heavy atom. The number of hydrogen-bond donors (Lipinski definition) is 2. The lowest BCUT2D eigenvalue weighted by Gasteiger charge is -2.14. The fourth-order valence-corrected chi connectivity index (χ4v) is 1.65. The van der Waals surface area contributed by atoms with E-state index in [1.54, 1.807) is 6.07 Å². The van der Waals surface area contributed by atoms with E-state index in [1.807, 2.05) is 0 Å². The van der Waals surface area contributed by atoms with Crippen LogP contribution in [0.2, 0.25) is 0 Å². The molecule has 17 heavy (non-hydrogen) atoms. The molecule has 1 atom stereocenters. The number of aliphatic carboxylic acids is 1. The predicted octanol–water partition coefficient (Wildman–Crippen LogP) is 0.200. The molecule has 0 bridgehead atoms. The van der Waals surface area contributed by atoms with Crippen molar-refractivity contribution in [3.05, 3.63) is 33.2 Å². The van der Waals surface area contributed by atoms with E-state index in [1.165, 1.54) is 23.8 Å². The fraction of sp³-hybridized carbons (Fsp3) is 0.300. The Bertz CT molecular complexity index is 497. The molecule has 0 saturated heterocycles. The number of carbonyl (C=O) groups excluding carboxylic acids is 1. The first kappa shape index (κ1) is 13.4. The van der Waals surface area contributed by atoms with E-state index in [9.17, 15) is 14.4 Å². The number of carboxylic acids is 1. The molecule has 0 aliphatic rings. The average molecular weight is 303 g/mol. The molecule has 1 aromatic rings. The van der Waals surface area contributed by atoms with Crippen LogP contribution in [0.4, 0.5) is 0 Å². The highest BCUT2D eigenvalue weighted by Gasteiger charge is 2.19. The lowest BCUT2D eigenvalue weighted by molar-refractivity contribution is -0.141. The number of nitrogens with zero attached hydrogens (tertiary/aromatic N) is 1. The Hall–Kier alpha value is -1.63. The van der Waals surface area contributed by atoms with Crippen LogP contribution in [0.25, 0.3) is 0 Å². The molecule has 0 aliphatic heterocycles. The quantitative estimate of drug-likeness (QED) is 0.831. The van der Waals surface area contributed by atoms with Crippen molar-refractivity contribution in [2.75, 3.05) is 0 Å². The van der Waals surface area contributed by atoms with Gasteiger partial charge < -0.3 is 15.0 Å². The van der Waals surface area contributed by atoms with Crippen molar-refractivity contribution in [1.29, 1.82) is 0 Å². The maximum atomic E-state index is 11.5. The molecule has 0 aliphatic carbocycles. The SMILES string of the molecule is CC(=O)NC(Cn1cc(Br)ccc1=O)C(=O)O. The Labute approximate surface area is 105 Å². The molecule has 1 heterocycles. The van der Waals surface area contributed by atoms with Gasteiger partial charge in [0.15, 0.2) is 0 Å². The van der Waals surface area contributed by atoms with Gasteiger partial charge in [0.05, 0.1) is 6.54 Å². The second-order valence-corrected chi connectivity index (χ2v) is 4.34. The van der Waals surface area contributed by atoms with Crippen LogP contribution in [0.15, 0.2) is 27.6 Å². The summed E-state index contributed by atoms with van der Waals surface area (Å²) in [4.78, 5) is 33.2. The monoisotopic (exact) mass is 302 g/mol. The van der Waals surface area contributed by atoms with Crippen molar-refractivity contribution in [1.82, 2.24) is 9.88 Å². The van der Waals surface area contributed by atoms with Crippen LogP contribution in [0.3, 0.4) is 0 Å². The second-order valence-electron chi connectivity index (χ2n) is 3.43. The van der Waals surface area contributed by atoms with Crippen molar-refractivity contribution in [2.45, 2.75) is 19.5 Å². The van der Waals surface area contributed by atoms with Crippen LogP contribution in [0, 0.1) is 0 Å². The number of nitrogens with one attached hydrogen (secondary N) is 1. The third kappa shape index (κ3) is 4.03. The summed E-state index contributed by atoms with van der Waals surface area (Å²) in [5, 5.41) is 11.2. The average Bonchev–Trinajstić information content (AvgIpc) is 2.21. The van der Waals surface area contributed by atoms with Gasteiger partial charge in [0.2, 0.25) is 5.91 Å². The van der Waals surface area contributed by atoms with E-state index in [0.29, 0.717) is 4.47 Å². The largest absolute Gasteiger partial charge is 0.480 e. The van der Waals surface area contributed by atoms with Gasteiger partial charge in [-0.05, 0) is 22.0 Å². The molecule has 0 fully saturated rings. The maximum Gasteiger partial charge on any atom is 0.328 e. The van der Waals surface area contributed by atoms with Crippen LogP contribution in [0.1, 0.15) is 6.92 Å². The molecule has 92 valence electrons. The summed E-state index contributed by atoms with van der Waals surface area (Å²) in [6.45, 7) is 1.10. The third-order valence-corrected chi connectivity index (χ3v) is 2.47. The molecule has 1 rings (SSSR count). The molecule has 0 radical (unpaired) electrons. The zero-order valence-corrected chi connectivity index (χ0v) is 10.6. The number of carbonyl (C=O) groups is 2. The zero-order valence-electron chi connectivity index (χ0n) is 9.01. The lowest BCUT2D eigenvalue weighted by atomic mass is 10.3. The van der Waals surface area contributed by atoms with E-state index < -0.39 is 17.9 Å². The summed E-state index contributed by atoms with van der Waals surface area (Å²) in [6.07, 6.45) is 1.47. The van der Waals surface area contributed by atoms with Gasteiger partial charge in [-0.15, -0.1) is 0 Å². The summed E-state index contributed by atoms with van der Waals surface area (Å²) in [6, 6.07) is 1.75. The molecule has 7 heteroatoms. The molecule has 6 nitrogen and oxygen atoms in total. The molecule has 1 aromatic heterocycles. The Morgan fingerprint density at radius 1 is 1.53 bits per heavy atom. The minimum absolute atomic E-state index is 0.118. The van der Waals surface area contributed by atoms with Crippen molar-refractivity contribution in [3.8, 4) is 0 Å². The normalized spacial score (nSPS) is 11.9. The van der Waals surface area contributed by atoms with Crippen LogP contribution in [-0.4, -0.2) is 27.6 Å². The second kappa shape index (κ2) is 5.62. The third-order valence-electron chi connectivity index (χ3n) is 2.00. The van der Waals surface area contributed by atoms with Gasteiger partial charge in [-0.25, -0.2) is 4.79 Å². The maximum absolute atomic E-state index is 11.5. The van der Waals surface area contributed by atoms with Crippen molar-refractivity contribution >= 4 is 27.8 Å². The predicted molar refractivity (Wildman–Crippen MR) is 63.6 cm³/mol. The number of rotatable bonds is 4. The highest BCUT2D eigenvalue weighted by Crippen LogP contribution is 2.05. The van der Waals surface area contributed by atoms with Gasteiger partial charge in [0.25, 0.3) is 5.56 Å². The molecular weight excluding hydrogens is 292 g/mol. The summed E-state index contributed by atoms with van der Waals surface area (Å²) >= 11 is 3.18. The molecule has 0 spiro atoms. The first-order chi connectivity index (χ1) is 7.90. The summed E-state index contributed by atoms with van der Waals surface area (Å²) in [5.74, 6) is -1.65. The van der Waals surface area contributed by atoms with Crippen LogP contribution in [-0.2, 0) is 16.1 Å². The van der Waals surface area contributed by atoms with Gasteiger partial charge in [-0.2, -0.15) is 0 Å². The fourth-order valence-electron chi connectivity index (χ4n) is 1.27. The van der Waals surface area contributed by atoms with Gasteiger partial charge in [-0.3, -0.25) is 9.59 Å². The molecular formula is C10H11BrN2O4. The molecule has 0 saturated carbocycles. The minimum Gasteiger partial charge on any atom is -0.480 e. The summed E-state index contributed by atoms with van der Waals surface area (Å²) in [7, 11) is 0. The van der Waals surface area contributed by atoms with Crippen molar-refractivity contribution in [3.63, 3.8) is 0 Å². The van der Waals surface area contributed by atoms with Crippen molar-refractivity contribution < 1.29 is 14.7 Å². The van der Waals surface area contributed by atoms with Crippen LogP contribution >= 0.6 is 15.9 Å². The molecule has 1 amide bonds. The Morgan fingerprint density at radius 2 is 2.18 bits per heavy atom. The topological polar surface area (TPSA) is 88.4 Å². The zero-order chi connectivity index (χ0) is 13.0. The van der Waals surface area contributed by atoms with E-state index in [2.05, 4.69) is 21.2 Å². The van der Waals surface area contributed by atoms with E-state index >= 15 is 0 Å². The smallest absolute Gasteiger partial charge is 0.328 e. The van der Waals surface area contributed by atoms with Crippen molar-refractivity contribution in [2.24, 2.45) is 0 Å². The van der Waals surface area contributed by atoms with Gasteiger partial charge in [0.1, 0.15) is 6.04 Å². The Kier molecular flexibility index (Phi) is 4.45. The standard InChI is InChI=1S/C10H11BrN2O4/c1-6(14)12-8(10(16)17)5-13-4-7(11)2-3-9(13)15/h2-4,8H,5H2,1H3,(H,12,14)(H,16,17). The Balaban J connectivity index is 2.93. The molecule has 1 unspecified atom stereocenters. The first-order valence-electron chi connectivity index (χ1n) is 4.76. The summed E-state index contributed by atoms with van der Waals surface area (Å²) in [5.41, 5.74) is -0.329.